The Morgan fingerprint density at radius 3 is 2.52 bits per heavy atom. The molecule has 7 nitrogen and oxygen atoms in total. The summed E-state index contributed by atoms with van der Waals surface area (Å²) >= 11 is 0. The Hall–Kier alpha value is -3.35. The number of carbonyl (C=O) groups excluding carboxylic acids is 3. The zero-order valence-electron chi connectivity index (χ0n) is 17.6. The van der Waals surface area contributed by atoms with Crippen molar-refractivity contribution >= 4 is 23.3 Å². The van der Waals surface area contributed by atoms with Gasteiger partial charge in [0.1, 0.15) is 0 Å². The molecule has 2 aromatic rings. The molecule has 164 valence electrons. The number of amides is 1. The molecule has 3 rings (SSSR count). The topological polar surface area (TPSA) is 90.9 Å². The number of anilines is 1. The number of rotatable bonds is 11. The summed E-state index contributed by atoms with van der Waals surface area (Å²) in [5, 5.41) is 2.62. The fraction of sp³-hybridized carbons (Fsp3) is 0.375. The molecule has 1 N–H and O–H groups in total. The summed E-state index contributed by atoms with van der Waals surface area (Å²) in [5.41, 5.74) is 2.30. The van der Waals surface area contributed by atoms with E-state index in [9.17, 15) is 14.4 Å². The van der Waals surface area contributed by atoms with Crippen LogP contribution in [-0.4, -0.2) is 31.1 Å². The van der Waals surface area contributed by atoms with E-state index in [2.05, 4.69) is 12.2 Å². The van der Waals surface area contributed by atoms with Crippen molar-refractivity contribution in [1.82, 2.24) is 0 Å². The summed E-state index contributed by atoms with van der Waals surface area (Å²) in [7, 11) is 0. The zero-order chi connectivity index (χ0) is 22.1. The molecule has 1 aliphatic rings. The molecule has 31 heavy (non-hydrogen) atoms. The molecule has 1 aliphatic heterocycles. The second-order valence-electron chi connectivity index (χ2n) is 7.35. The Morgan fingerprint density at radius 2 is 1.74 bits per heavy atom. The van der Waals surface area contributed by atoms with Crippen molar-refractivity contribution in [2.75, 3.05) is 18.7 Å². The van der Waals surface area contributed by atoms with Crippen LogP contribution in [0.1, 0.15) is 54.9 Å². The van der Waals surface area contributed by atoms with Gasteiger partial charge in [-0.3, -0.25) is 14.4 Å². The first-order valence-electron chi connectivity index (χ1n) is 10.5. The molecule has 0 saturated carbocycles. The molecule has 1 amide bonds. The van der Waals surface area contributed by atoms with Gasteiger partial charge in [0, 0.05) is 23.7 Å². The molecule has 0 unspecified atom stereocenters. The minimum atomic E-state index is -0.592. The summed E-state index contributed by atoms with van der Waals surface area (Å²) in [4.78, 5) is 36.2. The smallest absolute Gasteiger partial charge is 0.306 e. The van der Waals surface area contributed by atoms with Crippen LogP contribution in [0, 0.1) is 0 Å². The van der Waals surface area contributed by atoms with Crippen LogP contribution >= 0.6 is 0 Å². The van der Waals surface area contributed by atoms with E-state index in [-0.39, 0.29) is 25.4 Å². The first-order chi connectivity index (χ1) is 15.0. The van der Waals surface area contributed by atoms with Crippen molar-refractivity contribution in [3.8, 4) is 11.5 Å². The number of hydrogen-bond acceptors (Lipinski definition) is 6. The summed E-state index contributed by atoms with van der Waals surface area (Å²) < 4.78 is 15.4. The van der Waals surface area contributed by atoms with Gasteiger partial charge in [-0.2, -0.15) is 0 Å². The van der Waals surface area contributed by atoms with E-state index in [1.165, 1.54) is 18.4 Å². The number of carbonyl (C=O) groups is 3. The van der Waals surface area contributed by atoms with Gasteiger partial charge in [0.15, 0.2) is 23.9 Å². The fourth-order valence-electron chi connectivity index (χ4n) is 3.19. The van der Waals surface area contributed by atoms with Gasteiger partial charge < -0.3 is 19.5 Å². The standard InChI is InChI=1S/C24H27NO6/c1-2-3-4-5-17-6-8-18(9-7-17)20(26)11-13-24(28)29-15-23(27)25-19-10-12-21-22(14-19)31-16-30-21/h6-10,12,14H,2-5,11,13,15-16H2,1H3,(H,25,27). The third-order valence-corrected chi connectivity index (χ3v) is 4.92. The van der Waals surface area contributed by atoms with E-state index < -0.39 is 18.5 Å². The number of unbranched alkanes of at least 4 members (excludes halogenated alkanes) is 2. The number of hydrogen-bond donors (Lipinski definition) is 1. The summed E-state index contributed by atoms with van der Waals surface area (Å²) in [5.74, 6) is -0.0352. The van der Waals surface area contributed by atoms with Gasteiger partial charge in [0.05, 0.1) is 6.42 Å². The summed E-state index contributed by atoms with van der Waals surface area (Å²) in [6, 6.07) is 12.5. The number of ether oxygens (including phenoxy) is 3. The monoisotopic (exact) mass is 425 g/mol. The van der Waals surface area contributed by atoms with Gasteiger partial charge in [-0.25, -0.2) is 0 Å². The predicted molar refractivity (Wildman–Crippen MR) is 115 cm³/mol. The van der Waals surface area contributed by atoms with E-state index in [1.807, 2.05) is 12.1 Å². The molecular formula is C24H27NO6. The second-order valence-corrected chi connectivity index (χ2v) is 7.35. The lowest BCUT2D eigenvalue weighted by Crippen LogP contribution is -2.21. The van der Waals surface area contributed by atoms with Crippen LogP contribution in [0.25, 0.3) is 0 Å². The normalized spacial score (nSPS) is 11.8. The highest BCUT2D eigenvalue weighted by atomic mass is 16.7. The van der Waals surface area contributed by atoms with Crippen molar-refractivity contribution in [3.63, 3.8) is 0 Å². The van der Waals surface area contributed by atoms with Gasteiger partial charge >= 0.3 is 5.97 Å². The average Bonchev–Trinajstić information content (AvgIpc) is 3.24. The van der Waals surface area contributed by atoms with Crippen molar-refractivity contribution in [2.45, 2.75) is 45.4 Å². The van der Waals surface area contributed by atoms with Crippen LogP contribution in [0.5, 0.6) is 11.5 Å². The van der Waals surface area contributed by atoms with Crippen LogP contribution in [0.4, 0.5) is 5.69 Å². The van der Waals surface area contributed by atoms with Crippen LogP contribution in [0.15, 0.2) is 42.5 Å². The molecule has 7 heteroatoms. The average molecular weight is 425 g/mol. The third kappa shape index (κ3) is 6.84. The van der Waals surface area contributed by atoms with E-state index in [0.717, 1.165) is 12.8 Å². The minimum Gasteiger partial charge on any atom is -0.456 e. The lowest BCUT2D eigenvalue weighted by Gasteiger charge is -2.07. The number of aryl methyl sites for hydroxylation is 1. The van der Waals surface area contributed by atoms with Gasteiger partial charge in [0.2, 0.25) is 6.79 Å². The zero-order valence-corrected chi connectivity index (χ0v) is 17.6. The van der Waals surface area contributed by atoms with Gasteiger partial charge in [0.25, 0.3) is 5.91 Å². The SMILES string of the molecule is CCCCCc1ccc(C(=O)CCC(=O)OCC(=O)Nc2ccc3c(c2)OCO3)cc1. The van der Waals surface area contributed by atoms with E-state index in [1.54, 1.807) is 30.3 Å². The van der Waals surface area contributed by atoms with Crippen LogP contribution in [-0.2, 0) is 20.7 Å². The quantitative estimate of drug-likeness (QED) is 0.328. The predicted octanol–water partition coefficient (Wildman–Crippen LogP) is 4.29. The Bertz CT molecular complexity index is 922. The number of fused-ring (bicyclic) bond motifs is 1. The van der Waals surface area contributed by atoms with Gasteiger partial charge in [-0.1, -0.05) is 44.0 Å². The van der Waals surface area contributed by atoms with Crippen molar-refractivity contribution in [2.24, 2.45) is 0 Å². The number of benzene rings is 2. The molecule has 0 aromatic heterocycles. The maximum atomic E-state index is 12.3. The highest BCUT2D eigenvalue weighted by Crippen LogP contribution is 2.34. The lowest BCUT2D eigenvalue weighted by atomic mass is 10.0. The third-order valence-electron chi connectivity index (χ3n) is 4.92. The molecule has 0 bridgehead atoms. The van der Waals surface area contributed by atoms with E-state index >= 15 is 0 Å². The summed E-state index contributed by atoms with van der Waals surface area (Å²) in [6.45, 7) is 1.89. The number of ketones is 1. The molecular weight excluding hydrogens is 398 g/mol. The first kappa shape index (κ1) is 22.3. The molecule has 0 fully saturated rings. The Morgan fingerprint density at radius 1 is 0.968 bits per heavy atom. The van der Waals surface area contributed by atoms with Crippen LogP contribution < -0.4 is 14.8 Å². The lowest BCUT2D eigenvalue weighted by molar-refractivity contribution is -0.147. The number of nitrogens with one attached hydrogen (secondary N) is 1. The van der Waals surface area contributed by atoms with Crippen molar-refractivity contribution in [1.29, 1.82) is 0 Å². The first-order valence-corrected chi connectivity index (χ1v) is 10.5. The largest absolute Gasteiger partial charge is 0.456 e. The molecule has 0 atom stereocenters. The van der Waals surface area contributed by atoms with Crippen molar-refractivity contribution in [3.05, 3.63) is 53.6 Å². The maximum absolute atomic E-state index is 12.3. The molecule has 2 aromatic carbocycles. The van der Waals surface area contributed by atoms with Crippen LogP contribution in [0.2, 0.25) is 0 Å². The van der Waals surface area contributed by atoms with E-state index in [0.29, 0.717) is 22.7 Å². The summed E-state index contributed by atoms with van der Waals surface area (Å²) in [6.07, 6.45) is 4.47. The fourth-order valence-corrected chi connectivity index (χ4v) is 3.19. The Labute approximate surface area is 181 Å². The van der Waals surface area contributed by atoms with Gasteiger partial charge in [-0.05, 0) is 30.5 Å². The van der Waals surface area contributed by atoms with Crippen LogP contribution in [0.3, 0.4) is 0 Å². The Kier molecular flexibility index (Phi) is 8.04. The van der Waals surface area contributed by atoms with E-state index in [4.69, 9.17) is 14.2 Å². The maximum Gasteiger partial charge on any atom is 0.306 e. The highest BCUT2D eigenvalue weighted by molar-refractivity contribution is 5.98. The highest BCUT2D eigenvalue weighted by Gasteiger charge is 2.15. The molecule has 0 spiro atoms. The number of Topliss-reactive ketones (excluding diaryl/α,β-unsaturated/α-hetero) is 1. The number of esters is 1. The van der Waals surface area contributed by atoms with Gasteiger partial charge in [-0.15, -0.1) is 0 Å². The van der Waals surface area contributed by atoms with Crippen molar-refractivity contribution < 1.29 is 28.6 Å². The molecule has 1 heterocycles. The minimum absolute atomic E-state index is 0.0395. The Balaban J connectivity index is 1.36. The molecule has 0 radical (unpaired) electrons. The molecule has 0 aliphatic carbocycles. The second kappa shape index (κ2) is 11.2. The molecule has 0 saturated heterocycles.